The molecule has 2 atom stereocenters. The Hall–Kier alpha value is -1.55. The van der Waals surface area contributed by atoms with Crippen LogP contribution >= 0.6 is 0 Å². The molecule has 2 unspecified atom stereocenters. The standard InChI is InChI=1S/C20H35N3O/c1-5-8-18(13-14-24)15-22-20(21-7-3)23-16(4)19-11-9-17(6-2)10-12-19/h9-12,16,18,24H,5-8,13-15H2,1-4H3,(H2,21,22,23). The van der Waals surface area contributed by atoms with Crippen LogP contribution in [0.2, 0.25) is 0 Å². The summed E-state index contributed by atoms with van der Waals surface area (Å²) in [7, 11) is 0. The number of aryl methyl sites for hydroxylation is 1. The van der Waals surface area contributed by atoms with Gasteiger partial charge in [-0.1, -0.05) is 44.5 Å². The van der Waals surface area contributed by atoms with E-state index in [1.54, 1.807) is 0 Å². The number of hydrogen-bond donors (Lipinski definition) is 3. The molecule has 136 valence electrons. The van der Waals surface area contributed by atoms with Crippen molar-refractivity contribution in [1.29, 1.82) is 0 Å². The van der Waals surface area contributed by atoms with Gasteiger partial charge in [0.1, 0.15) is 0 Å². The smallest absolute Gasteiger partial charge is 0.191 e. The zero-order valence-electron chi connectivity index (χ0n) is 15.8. The monoisotopic (exact) mass is 333 g/mol. The fraction of sp³-hybridized carbons (Fsp3) is 0.650. The zero-order chi connectivity index (χ0) is 17.8. The van der Waals surface area contributed by atoms with E-state index in [-0.39, 0.29) is 12.6 Å². The van der Waals surface area contributed by atoms with Crippen molar-refractivity contribution in [2.75, 3.05) is 19.7 Å². The summed E-state index contributed by atoms with van der Waals surface area (Å²) in [6.45, 7) is 10.4. The second-order valence-corrected chi connectivity index (χ2v) is 6.35. The number of rotatable bonds is 10. The van der Waals surface area contributed by atoms with Gasteiger partial charge in [0.2, 0.25) is 0 Å². The average molecular weight is 334 g/mol. The lowest BCUT2D eigenvalue weighted by molar-refractivity contribution is 0.253. The highest BCUT2D eigenvalue weighted by Crippen LogP contribution is 2.14. The predicted octanol–water partition coefficient (Wildman–Crippen LogP) is 3.66. The molecule has 24 heavy (non-hydrogen) atoms. The highest BCUT2D eigenvalue weighted by Gasteiger charge is 2.10. The van der Waals surface area contributed by atoms with Gasteiger partial charge in [-0.05, 0) is 50.2 Å². The fourth-order valence-electron chi connectivity index (χ4n) is 2.79. The molecule has 0 saturated heterocycles. The van der Waals surface area contributed by atoms with Crippen LogP contribution in [0.15, 0.2) is 29.3 Å². The van der Waals surface area contributed by atoms with Gasteiger partial charge >= 0.3 is 0 Å². The number of aliphatic hydroxyl groups is 1. The molecule has 3 N–H and O–H groups in total. The number of aliphatic imine (C=N–C) groups is 1. The molecule has 0 aliphatic heterocycles. The van der Waals surface area contributed by atoms with E-state index in [0.29, 0.717) is 5.92 Å². The lowest BCUT2D eigenvalue weighted by atomic mass is 10.0. The number of guanidine groups is 1. The number of benzene rings is 1. The third-order valence-corrected chi connectivity index (χ3v) is 4.33. The number of aliphatic hydroxyl groups excluding tert-OH is 1. The molecule has 0 fully saturated rings. The molecule has 0 radical (unpaired) electrons. The molecule has 4 nitrogen and oxygen atoms in total. The van der Waals surface area contributed by atoms with Crippen LogP contribution in [0.4, 0.5) is 0 Å². The summed E-state index contributed by atoms with van der Waals surface area (Å²) in [5.74, 6) is 1.30. The summed E-state index contributed by atoms with van der Waals surface area (Å²) in [5, 5.41) is 16.0. The second kappa shape index (κ2) is 11.9. The molecule has 0 spiro atoms. The predicted molar refractivity (Wildman–Crippen MR) is 103 cm³/mol. The van der Waals surface area contributed by atoms with Gasteiger partial charge in [-0.2, -0.15) is 0 Å². The maximum atomic E-state index is 9.19. The molecule has 0 bridgehead atoms. The second-order valence-electron chi connectivity index (χ2n) is 6.35. The summed E-state index contributed by atoms with van der Waals surface area (Å²) >= 11 is 0. The molecule has 0 aliphatic rings. The minimum absolute atomic E-state index is 0.205. The quantitative estimate of drug-likeness (QED) is 0.452. The van der Waals surface area contributed by atoms with Gasteiger partial charge in [0, 0.05) is 19.7 Å². The third-order valence-electron chi connectivity index (χ3n) is 4.33. The Kier molecular flexibility index (Phi) is 10.2. The Bertz CT molecular complexity index is 464. The first kappa shape index (κ1) is 20.5. The summed E-state index contributed by atoms with van der Waals surface area (Å²) in [6.07, 6.45) is 4.13. The summed E-state index contributed by atoms with van der Waals surface area (Å²) < 4.78 is 0. The molecule has 1 rings (SSSR count). The maximum Gasteiger partial charge on any atom is 0.191 e. The normalized spacial score (nSPS) is 14.3. The molecule has 4 heteroatoms. The molecular weight excluding hydrogens is 298 g/mol. The van der Waals surface area contributed by atoms with Crippen LogP contribution in [-0.4, -0.2) is 30.8 Å². The van der Waals surface area contributed by atoms with Gasteiger partial charge in [0.15, 0.2) is 5.96 Å². The van der Waals surface area contributed by atoms with E-state index >= 15 is 0 Å². The van der Waals surface area contributed by atoms with E-state index in [0.717, 1.165) is 44.7 Å². The molecule has 0 heterocycles. The maximum absolute atomic E-state index is 9.19. The Balaban J connectivity index is 2.69. The van der Waals surface area contributed by atoms with Gasteiger partial charge in [-0.3, -0.25) is 4.99 Å². The molecule has 0 saturated carbocycles. The van der Waals surface area contributed by atoms with Crippen molar-refractivity contribution < 1.29 is 5.11 Å². The van der Waals surface area contributed by atoms with E-state index in [1.807, 2.05) is 0 Å². The van der Waals surface area contributed by atoms with Crippen LogP contribution in [-0.2, 0) is 6.42 Å². The average Bonchev–Trinajstić information content (AvgIpc) is 2.60. The van der Waals surface area contributed by atoms with E-state index in [9.17, 15) is 5.11 Å². The molecule has 1 aromatic rings. The van der Waals surface area contributed by atoms with Crippen molar-refractivity contribution in [3.05, 3.63) is 35.4 Å². The van der Waals surface area contributed by atoms with Crippen LogP contribution in [0.25, 0.3) is 0 Å². The Morgan fingerprint density at radius 1 is 1.12 bits per heavy atom. The molecule has 1 aromatic carbocycles. The molecule has 0 aromatic heterocycles. The summed E-state index contributed by atoms with van der Waals surface area (Å²) in [5.41, 5.74) is 2.62. The molecular formula is C20H35N3O. The van der Waals surface area contributed by atoms with Crippen LogP contribution < -0.4 is 10.6 Å². The minimum Gasteiger partial charge on any atom is -0.396 e. The van der Waals surface area contributed by atoms with Crippen molar-refractivity contribution in [3.8, 4) is 0 Å². The highest BCUT2D eigenvalue weighted by atomic mass is 16.3. The Morgan fingerprint density at radius 3 is 2.38 bits per heavy atom. The first-order chi connectivity index (χ1) is 11.6. The SMILES string of the molecule is CCCC(CCO)CN=C(NCC)NC(C)c1ccc(CC)cc1. The van der Waals surface area contributed by atoms with Gasteiger partial charge in [-0.15, -0.1) is 0 Å². The van der Waals surface area contributed by atoms with E-state index < -0.39 is 0 Å². The minimum atomic E-state index is 0.205. The van der Waals surface area contributed by atoms with Crippen molar-refractivity contribution >= 4 is 5.96 Å². The Labute approximate surface area is 147 Å². The van der Waals surface area contributed by atoms with Gasteiger partial charge in [0.25, 0.3) is 0 Å². The topological polar surface area (TPSA) is 56.7 Å². The van der Waals surface area contributed by atoms with Crippen molar-refractivity contribution in [1.82, 2.24) is 10.6 Å². The first-order valence-electron chi connectivity index (χ1n) is 9.39. The highest BCUT2D eigenvalue weighted by molar-refractivity contribution is 5.80. The molecule has 0 aliphatic carbocycles. The van der Waals surface area contributed by atoms with Crippen LogP contribution in [0.3, 0.4) is 0 Å². The van der Waals surface area contributed by atoms with Crippen LogP contribution in [0.5, 0.6) is 0 Å². The lowest BCUT2D eigenvalue weighted by Gasteiger charge is -2.20. The van der Waals surface area contributed by atoms with Crippen molar-refractivity contribution in [3.63, 3.8) is 0 Å². The lowest BCUT2D eigenvalue weighted by Crippen LogP contribution is -2.39. The number of nitrogens with one attached hydrogen (secondary N) is 2. The Morgan fingerprint density at radius 2 is 1.83 bits per heavy atom. The van der Waals surface area contributed by atoms with E-state index in [1.165, 1.54) is 11.1 Å². The third kappa shape index (κ3) is 7.35. The van der Waals surface area contributed by atoms with Crippen LogP contribution in [0.1, 0.15) is 64.1 Å². The van der Waals surface area contributed by atoms with Crippen molar-refractivity contribution in [2.24, 2.45) is 10.9 Å². The van der Waals surface area contributed by atoms with Gasteiger partial charge < -0.3 is 15.7 Å². The number of hydrogen-bond acceptors (Lipinski definition) is 2. The van der Waals surface area contributed by atoms with E-state index in [2.05, 4.69) is 62.6 Å². The number of nitrogens with zero attached hydrogens (tertiary/aromatic N) is 1. The largest absolute Gasteiger partial charge is 0.396 e. The zero-order valence-corrected chi connectivity index (χ0v) is 15.8. The summed E-state index contributed by atoms with van der Waals surface area (Å²) in [4.78, 5) is 4.73. The van der Waals surface area contributed by atoms with Crippen molar-refractivity contribution in [2.45, 2.75) is 59.4 Å². The van der Waals surface area contributed by atoms with Gasteiger partial charge in [0.05, 0.1) is 6.04 Å². The summed E-state index contributed by atoms with van der Waals surface area (Å²) in [6, 6.07) is 8.96. The first-order valence-corrected chi connectivity index (χ1v) is 9.39. The van der Waals surface area contributed by atoms with Gasteiger partial charge in [-0.25, -0.2) is 0 Å². The fourth-order valence-corrected chi connectivity index (χ4v) is 2.79. The molecule has 0 amide bonds. The van der Waals surface area contributed by atoms with E-state index in [4.69, 9.17) is 4.99 Å². The van der Waals surface area contributed by atoms with Crippen LogP contribution in [0, 0.1) is 5.92 Å².